The van der Waals surface area contributed by atoms with Crippen molar-refractivity contribution in [2.45, 2.75) is 44.2 Å². The molecule has 5 nitrogen and oxygen atoms in total. The fourth-order valence-electron chi connectivity index (χ4n) is 2.65. The van der Waals surface area contributed by atoms with Crippen LogP contribution in [-0.4, -0.2) is 58.4 Å². The van der Waals surface area contributed by atoms with E-state index in [2.05, 4.69) is 5.32 Å². The normalized spacial score (nSPS) is 30.5. The van der Waals surface area contributed by atoms with Gasteiger partial charge in [-0.2, -0.15) is 0 Å². The Bertz CT molecular complexity index is 352. The van der Waals surface area contributed by atoms with E-state index in [1.54, 1.807) is 0 Å². The summed E-state index contributed by atoms with van der Waals surface area (Å²) in [6, 6.07) is 0.136. The third kappa shape index (κ3) is 5.77. The van der Waals surface area contributed by atoms with Crippen molar-refractivity contribution in [3.8, 4) is 0 Å². The highest BCUT2D eigenvalue weighted by Crippen LogP contribution is 2.13. The fourth-order valence-corrected chi connectivity index (χ4v) is 4.33. The average Bonchev–Trinajstić information content (AvgIpc) is 2.85. The highest BCUT2D eigenvalue weighted by molar-refractivity contribution is 7.91. The SMILES string of the molecule is O=S1(=O)CCCC(NCCCOCC2CCCO2)C1. The van der Waals surface area contributed by atoms with Crippen LogP contribution in [0.3, 0.4) is 0 Å². The van der Waals surface area contributed by atoms with E-state index < -0.39 is 9.84 Å². The molecule has 2 aliphatic heterocycles. The zero-order valence-electron chi connectivity index (χ0n) is 11.5. The molecule has 0 bridgehead atoms. The zero-order chi connectivity index (χ0) is 13.6. The van der Waals surface area contributed by atoms with Gasteiger partial charge in [0.1, 0.15) is 0 Å². The van der Waals surface area contributed by atoms with E-state index in [9.17, 15) is 8.42 Å². The lowest BCUT2D eigenvalue weighted by Crippen LogP contribution is -2.40. The van der Waals surface area contributed by atoms with E-state index in [1.807, 2.05) is 0 Å². The first-order valence-corrected chi connectivity index (χ1v) is 9.11. The standard InChI is InChI=1S/C13H25NO4S/c15-19(16)9-2-4-12(11-19)14-6-3-7-17-10-13-5-1-8-18-13/h12-14H,1-11H2. The highest BCUT2D eigenvalue weighted by Gasteiger charge is 2.23. The molecule has 2 atom stereocenters. The second kappa shape index (κ2) is 7.57. The van der Waals surface area contributed by atoms with Crippen LogP contribution >= 0.6 is 0 Å². The molecule has 0 aliphatic carbocycles. The lowest BCUT2D eigenvalue weighted by Gasteiger charge is -2.23. The molecule has 112 valence electrons. The van der Waals surface area contributed by atoms with Crippen molar-refractivity contribution < 1.29 is 17.9 Å². The molecular formula is C13H25NO4S. The minimum atomic E-state index is -2.80. The van der Waals surface area contributed by atoms with Crippen molar-refractivity contribution >= 4 is 9.84 Å². The fraction of sp³-hybridized carbons (Fsp3) is 1.00. The monoisotopic (exact) mass is 291 g/mol. The first kappa shape index (κ1) is 15.2. The summed E-state index contributed by atoms with van der Waals surface area (Å²) in [4.78, 5) is 0. The van der Waals surface area contributed by atoms with Crippen LogP contribution in [0.5, 0.6) is 0 Å². The van der Waals surface area contributed by atoms with Gasteiger partial charge in [-0.25, -0.2) is 8.42 Å². The summed E-state index contributed by atoms with van der Waals surface area (Å²) in [7, 11) is -2.80. The predicted molar refractivity (Wildman–Crippen MR) is 74.1 cm³/mol. The molecule has 0 spiro atoms. The molecular weight excluding hydrogens is 266 g/mol. The number of hydrogen-bond donors (Lipinski definition) is 1. The van der Waals surface area contributed by atoms with Gasteiger partial charge in [0, 0.05) is 19.3 Å². The van der Waals surface area contributed by atoms with E-state index in [1.165, 1.54) is 0 Å². The van der Waals surface area contributed by atoms with Gasteiger partial charge in [0.2, 0.25) is 0 Å². The number of rotatable bonds is 7. The number of hydrogen-bond acceptors (Lipinski definition) is 5. The van der Waals surface area contributed by atoms with Crippen LogP contribution < -0.4 is 5.32 Å². The predicted octanol–water partition coefficient (Wildman–Crippen LogP) is 0.739. The summed E-state index contributed by atoms with van der Waals surface area (Å²) < 4.78 is 34.0. The Morgan fingerprint density at radius 1 is 1.26 bits per heavy atom. The van der Waals surface area contributed by atoms with E-state index in [4.69, 9.17) is 9.47 Å². The summed E-state index contributed by atoms with van der Waals surface area (Å²) in [6.45, 7) is 3.10. The minimum Gasteiger partial charge on any atom is -0.379 e. The van der Waals surface area contributed by atoms with Crippen LogP contribution in [0, 0.1) is 0 Å². The number of sulfone groups is 1. The van der Waals surface area contributed by atoms with Crippen LogP contribution in [0.25, 0.3) is 0 Å². The molecule has 1 N–H and O–H groups in total. The van der Waals surface area contributed by atoms with Crippen LogP contribution in [0.2, 0.25) is 0 Å². The van der Waals surface area contributed by atoms with Crippen LogP contribution in [0.4, 0.5) is 0 Å². The maximum atomic E-state index is 11.5. The van der Waals surface area contributed by atoms with Gasteiger partial charge in [0.25, 0.3) is 0 Å². The molecule has 6 heteroatoms. The first-order valence-electron chi connectivity index (χ1n) is 7.29. The quantitative estimate of drug-likeness (QED) is 0.701. The van der Waals surface area contributed by atoms with Crippen molar-refractivity contribution in [1.29, 1.82) is 0 Å². The van der Waals surface area contributed by atoms with Crippen molar-refractivity contribution in [3.05, 3.63) is 0 Å². The van der Waals surface area contributed by atoms with Crippen LogP contribution in [0.1, 0.15) is 32.1 Å². The van der Waals surface area contributed by atoms with Crippen molar-refractivity contribution in [2.75, 3.05) is 37.9 Å². The second-order valence-electron chi connectivity index (χ2n) is 5.47. The van der Waals surface area contributed by atoms with Crippen LogP contribution in [-0.2, 0) is 19.3 Å². The molecule has 2 heterocycles. The van der Waals surface area contributed by atoms with Gasteiger partial charge in [-0.1, -0.05) is 0 Å². The average molecular weight is 291 g/mol. The van der Waals surface area contributed by atoms with E-state index in [-0.39, 0.29) is 12.1 Å². The molecule has 0 aromatic heterocycles. The third-order valence-electron chi connectivity index (χ3n) is 3.69. The van der Waals surface area contributed by atoms with Gasteiger partial charge in [-0.15, -0.1) is 0 Å². The third-order valence-corrected chi connectivity index (χ3v) is 5.51. The molecule has 0 aromatic rings. The van der Waals surface area contributed by atoms with Gasteiger partial charge < -0.3 is 14.8 Å². The van der Waals surface area contributed by atoms with E-state index >= 15 is 0 Å². The summed E-state index contributed by atoms with van der Waals surface area (Å²) in [5, 5.41) is 3.32. The molecule has 2 rings (SSSR count). The van der Waals surface area contributed by atoms with Gasteiger partial charge >= 0.3 is 0 Å². The molecule has 0 aromatic carbocycles. The number of ether oxygens (including phenoxy) is 2. The van der Waals surface area contributed by atoms with E-state index in [0.717, 1.165) is 45.3 Å². The molecule has 0 amide bonds. The zero-order valence-corrected chi connectivity index (χ0v) is 12.3. The van der Waals surface area contributed by atoms with Gasteiger partial charge in [-0.05, 0) is 38.6 Å². The Hall–Kier alpha value is -0.170. The minimum absolute atomic E-state index is 0.136. The van der Waals surface area contributed by atoms with Gasteiger partial charge in [0.15, 0.2) is 9.84 Å². The lowest BCUT2D eigenvalue weighted by atomic mass is 10.2. The maximum Gasteiger partial charge on any atom is 0.151 e. The Balaban J connectivity index is 1.47. The highest BCUT2D eigenvalue weighted by atomic mass is 32.2. The largest absolute Gasteiger partial charge is 0.379 e. The second-order valence-corrected chi connectivity index (χ2v) is 7.70. The van der Waals surface area contributed by atoms with Gasteiger partial charge in [0.05, 0.1) is 24.2 Å². The molecule has 0 radical (unpaired) electrons. The van der Waals surface area contributed by atoms with Crippen molar-refractivity contribution in [2.24, 2.45) is 0 Å². The molecule has 2 saturated heterocycles. The lowest BCUT2D eigenvalue weighted by molar-refractivity contribution is 0.0165. The van der Waals surface area contributed by atoms with E-state index in [0.29, 0.717) is 24.7 Å². The van der Waals surface area contributed by atoms with Crippen molar-refractivity contribution in [1.82, 2.24) is 5.32 Å². The van der Waals surface area contributed by atoms with Crippen molar-refractivity contribution in [3.63, 3.8) is 0 Å². The molecule has 19 heavy (non-hydrogen) atoms. The van der Waals surface area contributed by atoms with Gasteiger partial charge in [-0.3, -0.25) is 0 Å². The summed E-state index contributed by atoms with van der Waals surface area (Å²) >= 11 is 0. The summed E-state index contributed by atoms with van der Waals surface area (Å²) in [6.07, 6.45) is 5.22. The first-order chi connectivity index (χ1) is 9.16. The Kier molecular flexibility index (Phi) is 6.06. The molecule has 2 fully saturated rings. The topological polar surface area (TPSA) is 64.6 Å². The Labute approximate surface area is 116 Å². The molecule has 2 aliphatic rings. The Morgan fingerprint density at radius 2 is 2.16 bits per heavy atom. The van der Waals surface area contributed by atoms with Crippen LogP contribution in [0.15, 0.2) is 0 Å². The smallest absolute Gasteiger partial charge is 0.151 e. The maximum absolute atomic E-state index is 11.5. The molecule has 0 saturated carbocycles. The Morgan fingerprint density at radius 3 is 2.89 bits per heavy atom. The molecule has 2 unspecified atom stereocenters. The summed E-state index contributed by atoms with van der Waals surface area (Å²) in [5.41, 5.74) is 0. The number of nitrogens with one attached hydrogen (secondary N) is 1. The summed E-state index contributed by atoms with van der Waals surface area (Å²) in [5.74, 6) is 0.652.